The number of hydrogen-bond acceptors (Lipinski definition) is 3. The Hall–Kier alpha value is -3.35. The zero-order valence-electron chi connectivity index (χ0n) is 20.8. The first kappa shape index (κ1) is 24.8. The molecular weight excluding hydrogens is 440 g/mol. The maximum absolute atomic E-state index is 13.9. The molecule has 2 heterocycles. The van der Waals surface area contributed by atoms with E-state index >= 15 is 0 Å². The van der Waals surface area contributed by atoms with Crippen molar-refractivity contribution in [2.75, 3.05) is 31.5 Å². The highest BCUT2D eigenvalue weighted by Gasteiger charge is 2.34. The van der Waals surface area contributed by atoms with Crippen LogP contribution in [0.1, 0.15) is 56.7 Å². The number of benzene rings is 2. The van der Waals surface area contributed by atoms with E-state index in [0.717, 1.165) is 42.7 Å². The topological polar surface area (TPSA) is 73.0 Å². The number of nitrogens with zero attached hydrogens (tertiary/aromatic N) is 3. The molecule has 0 aromatic heterocycles. The van der Waals surface area contributed by atoms with Crippen LogP contribution in [0.2, 0.25) is 0 Å². The van der Waals surface area contributed by atoms with Gasteiger partial charge >= 0.3 is 6.03 Å². The van der Waals surface area contributed by atoms with Gasteiger partial charge in [-0.3, -0.25) is 9.59 Å². The van der Waals surface area contributed by atoms with Crippen LogP contribution in [0, 0.1) is 5.92 Å². The second-order valence-electron chi connectivity index (χ2n) is 9.67. The molecule has 35 heavy (non-hydrogen) atoms. The van der Waals surface area contributed by atoms with Gasteiger partial charge in [-0.1, -0.05) is 42.5 Å². The molecule has 2 aromatic carbocycles. The predicted molar refractivity (Wildman–Crippen MR) is 137 cm³/mol. The number of likely N-dealkylation sites (tertiary alicyclic amines) is 2. The Labute approximate surface area is 208 Å². The van der Waals surface area contributed by atoms with Crippen LogP contribution in [0.15, 0.2) is 54.6 Å². The molecule has 0 radical (unpaired) electrons. The number of amides is 4. The van der Waals surface area contributed by atoms with Crippen LogP contribution >= 0.6 is 0 Å². The van der Waals surface area contributed by atoms with Gasteiger partial charge in [0.15, 0.2) is 0 Å². The summed E-state index contributed by atoms with van der Waals surface area (Å²) in [7, 11) is 0. The SMILES string of the molecule is CC(=O)Nc1cccc(C(C)N(Cc2ccccc2)C(=O)C2CCN(C(=O)N3CCCC3)CC2)c1. The molecule has 1 unspecified atom stereocenters. The van der Waals surface area contributed by atoms with E-state index in [-0.39, 0.29) is 29.8 Å². The van der Waals surface area contributed by atoms with Gasteiger partial charge in [0.1, 0.15) is 0 Å². The van der Waals surface area contributed by atoms with Crippen LogP contribution in [-0.4, -0.2) is 58.7 Å². The van der Waals surface area contributed by atoms with Crippen molar-refractivity contribution in [1.82, 2.24) is 14.7 Å². The first-order valence-corrected chi connectivity index (χ1v) is 12.7. The Morgan fingerprint density at radius 1 is 0.943 bits per heavy atom. The molecule has 4 amide bonds. The van der Waals surface area contributed by atoms with Crippen LogP contribution in [0.4, 0.5) is 10.5 Å². The monoisotopic (exact) mass is 476 g/mol. The maximum atomic E-state index is 13.9. The average Bonchev–Trinajstić information content (AvgIpc) is 3.42. The second kappa shape index (κ2) is 11.4. The Morgan fingerprint density at radius 2 is 1.60 bits per heavy atom. The minimum absolute atomic E-state index is 0.109. The second-order valence-corrected chi connectivity index (χ2v) is 9.67. The molecular formula is C28H36N4O3. The van der Waals surface area contributed by atoms with E-state index in [0.29, 0.717) is 32.5 Å². The number of urea groups is 1. The molecule has 2 saturated heterocycles. The Balaban J connectivity index is 1.49. The summed E-state index contributed by atoms with van der Waals surface area (Å²) in [4.78, 5) is 44.0. The summed E-state index contributed by atoms with van der Waals surface area (Å²) in [5.74, 6) is -0.107. The summed E-state index contributed by atoms with van der Waals surface area (Å²) in [5.41, 5.74) is 2.78. The van der Waals surface area contributed by atoms with Crippen molar-refractivity contribution in [2.45, 2.75) is 52.1 Å². The molecule has 186 valence electrons. The summed E-state index contributed by atoms with van der Waals surface area (Å²) in [5, 5.41) is 2.84. The third-order valence-corrected chi connectivity index (χ3v) is 7.13. The zero-order chi connectivity index (χ0) is 24.8. The molecule has 0 bridgehead atoms. The number of piperidine rings is 1. The van der Waals surface area contributed by atoms with Gasteiger partial charge in [-0.05, 0) is 55.9 Å². The number of anilines is 1. The average molecular weight is 477 g/mol. The lowest BCUT2D eigenvalue weighted by Crippen LogP contribution is -2.48. The highest BCUT2D eigenvalue weighted by atomic mass is 16.2. The van der Waals surface area contributed by atoms with E-state index in [9.17, 15) is 14.4 Å². The van der Waals surface area contributed by atoms with Gasteiger partial charge in [-0.25, -0.2) is 4.79 Å². The zero-order valence-corrected chi connectivity index (χ0v) is 20.8. The van der Waals surface area contributed by atoms with E-state index < -0.39 is 0 Å². The van der Waals surface area contributed by atoms with E-state index in [1.54, 1.807) is 0 Å². The lowest BCUT2D eigenvalue weighted by molar-refractivity contribution is -0.140. The molecule has 7 heteroatoms. The molecule has 4 rings (SSSR count). The summed E-state index contributed by atoms with van der Waals surface area (Å²) in [6.45, 7) is 6.98. The largest absolute Gasteiger partial charge is 0.331 e. The highest BCUT2D eigenvalue weighted by molar-refractivity contribution is 5.88. The van der Waals surface area contributed by atoms with Crippen LogP contribution in [0.25, 0.3) is 0 Å². The van der Waals surface area contributed by atoms with Crippen molar-refractivity contribution in [3.63, 3.8) is 0 Å². The normalized spacial score (nSPS) is 17.2. The molecule has 2 aromatic rings. The number of rotatable bonds is 6. The molecule has 2 aliphatic rings. The summed E-state index contributed by atoms with van der Waals surface area (Å²) < 4.78 is 0. The van der Waals surface area contributed by atoms with Crippen molar-refractivity contribution in [1.29, 1.82) is 0 Å². The van der Waals surface area contributed by atoms with Crippen molar-refractivity contribution < 1.29 is 14.4 Å². The first-order valence-electron chi connectivity index (χ1n) is 12.7. The molecule has 7 nitrogen and oxygen atoms in total. The molecule has 0 spiro atoms. The minimum atomic E-state index is -0.166. The lowest BCUT2D eigenvalue weighted by Gasteiger charge is -2.38. The third-order valence-electron chi connectivity index (χ3n) is 7.13. The number of carbonyl (C=O) groups excluding carboxylic acids is 3. The molecule has 2 aliphatic heterocycles. The fourth-order valence-electron chi connectivity index (χ4n) is 5.11. The molecule has 0 aliphatic carbocycles. The number of nitrogens with one attached hydrogen (secondary N) is 1. The van der Waals surface area contributed by atoms with E-state index in [1.807, 2.05) is 76.2 Å². The van der Waals surface area contributed by atoms with Gasteiger partial charge in [-0.15, -0.1) is 0 Å². The van der Waals surface area contributed by atoms with Gasteiger partial charge in [-0.2, -0.15) is 0 Å². The van der Waals surface area contributed by atoms with Gasteiger partial charge < -0.3 is 20.0 Å². The summed E-state index contributed by atoms with van der Waals surface area (Å²) in [6, 6.07) is 17.7. The van der Waals surface area contributed by atoms with Crippen molar-refractivity contribution in [3.8, 4) is 0 Å². The molecule has 0 saturated carbocycles. The van der Waals surface area contributed by atoms with Crippen LogP contribution in [-0.2, 0) is 16.1 Å². The minimum Gasteiger partial charge on any atom is -0.331 e. The van der Waals surface area contributed by atoms with Crippen molar-refractivity contribution in [2.24, 2.45) is 5.92 Å². The molecule has 1 atom stereocenters. The van der Waals surface area contributed by atoms with E-state index in [2.05, 4.69) is 5.32 Å². The Morgan fingerprint density at radius 3 is 2.26 bits per heavy atom. The van der Waals surface area contributed by atoms with Crippen molar-refractivity contribution >= 4 is 23.5 Å². The third kappa shape index (κ3) is 6.21. The van der Waals surface area contributed by atoms with Crippen LogP contribution in [0.3, 0.4) is 0 Å². The fourth-order valence-corrected chi connectivity index (χ4v) is 5.11. The summed E-state index contributed by atoms with van der Waals surface area (Å²) >= 11 is 0. The van der Waals surface area contributed by atoms with Gasteiger partial charge in [0, 0.05) is 51.3 Å². The number of hydrogen-bond donors (Lipinski definition) is 1. The lowest BCUT2D eigenvalue weighted by atomic mass is 9.93. The van der Waals surface area contributed by atoms with Crippen LogP contribution in [0.5, 0.6) is 0 Å². The first-order chi connectivity index (χ1) is 16.9. The highest BCUT2D eigenvalue weighted by Crippen LogP contribution is 2.30. The standard InChI is InChI=1S/C28H36N4O3/c1-21(25-11-8-12-26(19-25)29-22(2)33)32(20-23-9-4-3-5-10-23)27(34)24-13-17-31(18-14-24)28(35)30-15-6-7-16-30/h3-5,8-12,19,21,24H,6-7,13-18,20H2,1-2H3,(H,29,33). The number of carbonyl (C=O) groups is 3. The van der Waals surface area contributed by atoms with E-state index in [1.165, 1.54) is 6.92 Å². The van der Waals surface area contributed by atoms with Gasteiger partial charge in [0.2, 0.25) is 11.8 Å². The maximum Gasteiger partial charge on any atom is 0.319 e. The molecule has 1 N–H and O–H groups in total. The van der Waals surface area contributed by atoms with Gasteiger partial charge in [0.25, 0.3) is 0 Å². The quantitative estimate of drug-likeness (QED) is 0.659. The fraction of sp³-hybridized carbons (Fsp3) is 0.464. The van der Waals surface area contributed by atoms with Gasteiger partial charge in [0.05, 0.1) is 6.04 Å². The predicted octanol–water partition coefficient (Wildman–Crippen LogP) is 4.66. The van der Waals surface area contributed by atoms with E-state index in [4.69, 9.17) is 0 Å². The Kier molecular flexibility index (Phi) is 8.06. The van der Waals surface area contributed by atoms with Crippen molar-refractivity contribution in [3.05, 3.63) is 65.7 Å². The van der Waals surface area contributed by atoms with Crippen LogP contribution < -0.4 is 5.32 Å². The Bertz CT molecular complexity index is 1030. The summed E-state index contributed by atoms with van der Waals surface area (Å²) in [6.07, 6.45) is 3.52. The molecule has 2 fully saturated rings. The smallest absolute Gasteiger partial charge is 0.319 e.